The van der Waals surface area contributed by atoms with Crippen molar-refractivity contribution in [3.63, 3.8) is 0 Å². The Balaban J connectivity index is 0.000000210. The van der Waals surface area contributed by atoms with Crippen molar-refractivity contribution in [2.75, 3.05) is 0 Å². The van der Waals surface area contributed by atoms with Crippen LogP contribution in [-0.2, 0) is 26.2 Å². The molecule has 0 spiro atoms. The van der Waals surface area contributed by atoms with Crippen LogP contribution in [-0.4, -0.2) is 0 Å². The molecule has 37 heavy (non-hydrogen) atoms. The van der Waals surface area contributed by atoms with Crippen LogP contribution in [0.1, 0.15) is 26.2 Å². The molecule has 4 aromatic rings. The predicted octanol–water partition coefficient (Wildman–Crippen LogP) is 8.55. The van der Waals surface area contributed by atoms with Crippen LogP contribution in [0.15, 0.2) is 146 Å². The van der Waals surface area contributed by atoms with E-state index < -0.39 is 7.92 Å². The van der Waals surface area contributed by atoms with E-state index >= 15 is 0 Å². The third-order valence-corrected chi connectivity index (χ3v) is 8.83. The standard InChI is InChI=1S/C21H16P.C9H11.C5H8.Zr/c1-3-11-19(12-4-1)22(20-13-5-2-6-14-20)21-15-17-9-7-8-10-18(17)16-21;1-2-5-9-7-3-6-8(9)4-1;1-3-5-4-2;/h1-16H;1-2,4,6,9H,3,5,7H2;3-5H,1H2,2H3;/q2*-1;;+2. The summed E-state index contributed by atoms with van der Waals surface area (Å²) in [6.45, 7) is 5.42. The number of rotatable bonds is 4. The van der Waals surface area contributed by atoms with Gasteiger partial charge in [-0.15, -0.1) is 58.9 Å². The monoisotopic (exact) mass is 576 g/mol. The second kappa shape index (κ2) is 15.6. The van der Waals surface area contributed by atoms with E-state index in [1.54, 1.807) is 11.6 Å². The molecule has 0 bridgehead atoms. The van der Waals surface area contributed by atoms with E-state index in [4.69, 9.17) is 0 Å². The van der Waals surface area contributed by atoms with Gasteiger partial charge in [0, 0.05) is 0 Å². The van der Waals surface area contributed by atoms with Crippen molar-refractivity contribution in [3.8, 4) is 0 Å². The number of fused-ring (bicyclic) bond motifs is 2. The maximum atomic E-state index is 3.46. The van der Waals surface area contributed by atoms with Gasteiger partial charge in [0.15, 0.2) is 0 Å². The molecule has 0 heterocycles. The Labute approximate surface area is 243 Å². The fourth-order valence-electron chi connectivity index (χ4n) is 4.67. The first-order chi connectivity index (χ1) is 17.8. The molecule has 1 saturated carbocycles. The fourth-order valence-corrected chi connectivity index (χ4v) is 7.04. The van der Waals surface area contributed by atoms with Crippen molar-refractivity contribution in [2.45, 2.75) is 26.2 Å². The van der Waals surface area contributed by atoms with Gasteiger partial charge < -0.3 is 0 Å². The second-order valence-corrected chi connectivity index (χ2v) is 11.1. The first-order valence-electron chi connectivity index (χ1n) is 12.8. The zero-order chi connectivity index (χ0) is 25.0. The maximum Gasteiger partial charge on any atom is 2.00 e. The fraction of sp³-hybridized carbons (Fsp3) is 0.143. The number of hydrogen-bond acceptors (Lipinski definition) is 0. The van der Waals surface area contributed by atoms with Crippen LogP contribution in [0.5, 0.6) is 0 Å². The maximum absolute atomic E-state index is 3.46. The largest absolute Gasteiger partial charge is 2.00 e. The molecule has 0 saturated heterocycles. The van der Waals surface area contributed by atoms with Crippen molar-refractivity contribution in [3.05, 3.63) is 152 Å². The molecule has 0 N–H and O–H groups in total. The summed E-state index contributed by atoms with van der Waals surface area (Å²) < 4.78 is 0. The van der Waals surface area contributed by atoms with Crippen molar-refractivity contribution >= 4 is 34.6 Å². The summed E-state index contributed by atoms with van der Waals surface area (Å²) in [7, 11) is -0.493. The third kappa shape index (κ3) is 8.20. The summed E-state index contributed by atoms with van der Waals surface area (Å²) in [5, 5.41) is 6.89. The van der Waals surface area contributed by atoms with Gasteiger partial charge in [0.05, 0.1) is 0 Å². The van der Waals surface area contributed by atoms with Crippen LogP contribution < -0.4 is 15.9 Å². The number of hydrogen-bond donors (Lipinski definition) is 0. The minimum Gasteiger partial charge on any atom is -0.227 e. The molecule has 0 amide bonds. The van der Waals surface area contributed by atoms with Gasteiger partial charge in [-0.2, -0.15) is 6.07 Å². The van der Waals surface area contributed by atoms with Crippen LogP contribution in [0.4, 0.5) is 0 Å². The molecule has 1 fully saturated rings. The molecule has 1 unspecified atom stereocenters. The molecular weight excluding hydrogens is 543 g/mol. The summed E-state index contributed by atoms with van der Waals surface area (Å²) >= 11 is 0. The average Bonchev–Trinajstić information content (AvgIpc) is 3.58. The Bertz CT molecular complexity index is 1240. The van der Waals surface area contributed by atoms with Crippen LogP contribution in [0.3, 0.4) is 0 Å². The zero-order valence-electron chi connectivity index (χ0n) is 21.6. The van der Waals surface area contributed by atoms with Crippen molar-refractivity contribution in [2.24, 2.45) is 5.92 Å². The van der Waals surface area contributed by atoms with Gasteiger partial charge >= 0.3 is 26.2 Å². The number of benzene rings is 3. The van der Waals surface area contributed by atoms with Crippen molar-refractivity contribution < 1.29 is 26.2 Å². The van der Waals surface area contributed by atoms with Crippen LogP contribution in [0.2, 0.25) is 0 Å². The summed E-state index contributed by atoms with van der Waals surface area (Å²) in [6, 6.07) is 35.0. The molecule has 4 aromatic carbocycles. The van der Waals surface area contributed by atoms with Gasteiger partial charge in [-0.3, -0.25) is 0 Å². The Kier molecular flexibility index (Phi) is 12.2. The van der Waals surface area contributed by atoms with Crippen LogP contribution >= 0.6 is 7.92 Å². The third-order valence-electron chi connectivity index (χ3n) is 6.43. The minimum absolute atomic E-state index is 0. The smallest absolute Gasteiger partial charge is 0.227 e. The first kappa shape index (κ1) is 29.0. The molecule has 0 aliphatic heterocycles. The zero-order valence-corrected chi connectivity index (χ0v) is 25.0. The Hall–Kier alpha value is -2.59. The van der Waals surface area contributed by atoms with Crippen molar-refractivity contribution in [1.82, 2.24) is 0 Å². The van der Waals surface area contributed by atoms with Gasteiger partial charge in [-0.05, 0) is 37.8 Å². The molecule has 2 aliphatic rings. The van der Waals surface area contributed by atoms with E-state index in [-0.39, 0.29) is 26.2 Å². The summed E-state index contributed by atoms with van der Waals surface area (Å²) in [5.41, 5.74) is 1.58. The average molecular weight is 578 g/mol. The molecule has 1 atom stereocenters. The Morgan fingerprint density at radius 3 is 2.11 bits per heavy atom. The van der Waals surface area contributed by atoms with Crippen LogP contribution in [0, 0.1) is 12.3 Å². The molecule has 2 heteroatoms. The van der Waals surface area contributed by atoms with Gasteiger partial charge in [0.1, 0.15) is 0 Å². The van der Waals surface area contributed by atoms with Gasteiger partial charge in [-0.1, -0.05) is 98.0 Å². The first-order valence-corrected chi connectivity index (χ1v) is 14.1. The topological polar surface area (TPSA) is 0 Å². The summed E-state index contributed by atoms with van der Waals surface area (Å²) in [4.78, 5) is 0. The molecule has 6 rings (SSSR count). The van der Waals surface area contributed by atoms with E-state index in [0.717, 1.165) is 5.92 Å². The second-order valence-electron chi connectivity index (χ2n) is 8.92. The van der Waals surface area contributed by atoms with Crippen molar-refractivity contribution in [1.29, 1.82) is 0 Å². The van der Waals surface area contributed by atoms with Crippen LogP contribution in [0.25, 0.3) is 10.8 Å². The normalized spacial score (nSPS) is 15.4. The van der Waals surface area contributed by atoms with E-state index in [1.807, 2.05) is 19.1 Å². The Morgan fingerprint density at radius 2 is 1.54 bits per heavy atom. The van der Waals surface area contributed by atoms with E-state index in [1.165, 1.54) is 45.9 Å². The van der Waals surface area contributed by atoms with Gasteiger partial charge in [0.2, 0.25) is 0 Å². The molecule has 184 valence electrons. The quantitative estimate of drug-likeness (QED) is 0.130. The molecular formula is C35H35PZr. The van der Waals surface area contributed by atoms with Gasteiger partial charge in [0.25, 0.3) is 0 Å². The molecule has 0 radical (unpaired) electrons. The van der Waals surface area contributed by atoms with E-state index in [9.17, 15) is 0 Å². The van der Waals surface area contributed by atoms with Gasteiger partial charge in [-0.25, -0.2) is 18.1 Å². The molecule has 0 nitrogen and oxygen atoms in total. The SMILES string of the molecule is C1=CCC2CC[CH-]C2=C1.C=CC=CC.[Zr+2].c1ccc(P(c2ccccc2)c2cc3ccccc3[cH-]2)cc1. The minimum atomic E-state index is -0.493. The summed E-state index contributed by atoms with van der Waals surface area (Å²) in [5.74, 6) is 0.884. The van der Waals surface area contributed by atoms with E-state index in [0.29, 0.717) is 0 Å². The molecule has 0 aromatic heterocycles. The Morgan fingerprint density at radius 1 is 0.892 bits per heavy atom. The predicted molar refractivity (Wildman–Crippen MR) is 162 cm³/mol. The summed E-state index contributed by atoms with van der Waals surface area (Å²) in [6.07, 6.45) is 18.6. The number of allylic oxidation sites excluding steroid dienone is 7. The molecule has 2 aliphatic carbocycles. The van der Waals surface area contributed by atoms with E-state index in [2.05, 4.69) is 128 Å².